The van der Waals surface area contributed by atoms with Crippen LogP contribution in [-0.4, -0.2) is 48.1 Å². The van der Waals surface area contributed by atoms with E-state index >= 15 is 0 Å². The molecule has 0 aromatic rings. The smallest absolute Gasteiger partial charge is 0.235 e. The fraction of sp³-hybridized carbons (Fsp3) is 1.00. The second-order valence-corrected chi connectivity index (χ2v) is 19.3. The summed E-state index contributed by atoms with van der Waals surface area (Å²) in [5, 5.41) is 4.07. The molecule has 47 heavy (non-hydrogen) atoms. The number of ether oxygens (including phenoxy) is 3. The zero-order valence-electron chi connectivity index (χ0n) is 31.6. The Labute approximate surface area is 288 Å². The van der Waals surface area contributed by atoms with Crippen LogP contribution in [0.4, 0.5) is 0 Å². The van der Waals surface area contributed by atoms with Crippen LogP contribution in [-0.2, 0) is 14.2 Å². The van der Waals surface area contributed by atoms with Gasteiger partial charge in [-0.25, -0.2) is 4.90 Å². The van der Waals surface area contributed by atoms with Gasteiger partial charge in [-0.3, -0.25) is 5.32 Å². The van der Waals surface area contributed by atoms with Crippen LogP contribution >= 0.6 is 0 Å². The van der Waals surface area contributed by atoms with Gasteiger partial charge in [0.05, 0.1) is 25.0 Å². The van der Waals surface area contributed by atoms with Crippen LogP contribution in [0.15, 0.2) is 0 Å². The molecule has 0 amide bonds. The zero-order chi connectivity index (χ0) is 32.9. The van der Waals surface area contributed by atoms with Gasteiger partial charge in [-0.15, -0.1) is 0 Å². The Morgan fingerprint density at radius 3 is 1.96 bits per heavy atom. The van der Waals surface area contributed by atoms with Gasteiger partial charge in [0.15, 0.2) is 0 Å². The minimum Gasteiger partial charge on any atom is -0.359 e. The highest BCUT2D eigenvalue weighted by atomic mass is 16.7. The van der Waals surface area contributed by atoms with Gasteiger partial charge in [-0.05, 0) is 110 Å². The van der Waals surface area contributed by atoms with E-state index in [1.54, 1.807) is 0 Å². The third kappa shape index (κ3) is 5.06. The molecule has 0 bridgehead atoms. The standard InChI is InChI=1S/C42H72N2O3/c1-9-40(7,10-2)33-23-34(41(8,11-3)12-4)47-42(46-33)37-29-19-15-16-25(5)35(29)26(6)20-31(37)38-36-30-21-27-17-13-14-18-28(27)22-32(30)45-39(36)43-24-44(38)42/h25-39,43H,9-24H2,1-8H3. The second-order valence-electron chi connectivity index (χ2n) is 19.3. The lowest BCUT2D eigenvalue weighted by molar-refractivity contribution is -0.423. The average molecular weight is 653 g/mol. The molecule has 0 radical (unpaired) electrons. The second kappa shape index (κ2) is 12.5. The summed E-state index contributed by atoms with van der Waals surface area (Å²) in [6.07, 6.45) is 20.7. The molecule has 8 fully saturated rings. The van der Waals surface area contributed by atoms with E-state index in [4.69, 9.17) is 14.2 Å². The van der Waals surface area contributed by atoms with Crippen molar-refractivity contribution in [3.8, 4) is 0 Å². The topological polar surface area (TPSA) is 43.0 Å². The average Bonchev–Trinajstić information content (AvgIpc) is 3.58. The van der Waals surface area contributed by atoms with Crippen molar-refractivity contribution in [1.82, 2.24) is 10.2 Å². The van der Waals surface area contributed by atoms with Crippen molar-refractivity contribution < 1.29 is 14.2 Å². The highest BCUT2D eigenvalue weighted by Crippen LogP contribution is 2.67. The van der Waals surface area contributed by atoms with Crippen molar-refractivity contribution in [2.75, 3.05) is 6.67 Å². The van der Waals surface area contributed by atoms with Crippen LogP contribution in [0.5, 0.6) is 0 Å². The molecule has 4 saturated heterocycles. The first-order valence-corrected chi connectivity index (χ1v) is 21.1. The van der Waals surface area contributed by atoms with Crippen molar-refractivity contribution >= 4 is 0 Å². The Morgan fingerprint density at radius 1 is 0.681 bits per heavy atom. The number of nitrogens with one attached hydrogen (secondary N) is 1. The van der Waals surface area contributed by atoms with Crippen LogP contribution in [0, 0.1) is 70.0 Å². The number of hydrogen-bond donors (Lipinski definition) is 1. The van der Waals surface area contributed by atoms with E-state index in [1.807, 2.05) is 0 Å². The molecule has 268 valence electrons. The third-order valence-corrected chi connectivity index (χ3v) is 17.7. The first-order chi connectivity index (χ1) is 22.6. The molecule has 1 spiro atoms. The van der Waals surface area contributed by atoms with E-state index in [9.17, 15) is 0 Å². The maximum atomic E-state index is 7.95. The van der Waals surface area contributed by atoms with Gasteiger partial charge in [0.2, 0.25) is 5.91 Å². The molecule has 4 aliphatic carbocycles. The molecule has 15 unspecified atom stereocenters. The van der Waals surface area contributed by atoms with E-state index in [0.717, 1.165) is 68.4 Å². The van der Waals surface area contributed by atoms with Crippen molar-refractivity contribution in [2.45, 2.75) is 188 Å². The van der Waals surface area contributed by atoms with E-state index in [1.165, 1.54) is 64.2 Å². The van der Waals surface area contributed by atoms with E-state index in [0.29, 0.717) is 41.7 Å². The predicted molar refractivity (Wildman–Crippen MR) is 189 cm³/mol. The number of nitrogens with zero attached hydrogens (tertiary/aromatic N) is 1. The van der Waals surface area contributed by atoms with Gasteiger partial charge < -0.3 is 14.2 Å². The van der Waals surface area contributed by atoms with Gasteiger partial charge >= 0.3 is 0 Å². The molecule has 1 N–H and O–H groups in total. The Bertz CT molecular complexity index is 1090. The largest absolute Gasteiger partial charge is 0.359 e. The summed E-state index contributed by atoms with van der Waals surface area (Å²) in [4.78, 5) is 2.87. The maximum absolute atomic E-state index is 7.95. The van der Waals surface area contributed by atoms with E-state index in [2.05, 4.69) is 65.6 Å². The van der Waals surface area contributed by atoms with Crippen LogP contribution in [0.2, 0.25) is 0 Å². The quantitative estimate of drug-likeness (QED) is 0.310. The summed E-state index contributed by atoms with van der Waals surface area (Å²) >= 11 is 0. The first kappa shape index (κ1) is 33.9. The monoisotopic (exact) mass is 653 g/mol. The van der Waals surface area contributed by atoms with Gasteiger partial charge in [-0.1, -0.05) is 93.9 Å². The number of fused-ring (bicyclic) bond motifs is 12. The molecule has 4 heterocycles. The molecule has 15 atom stereocenters. The molecule has 0 aromatic carbocycles. The summed E-state index contributed by atoms with van der Waals surface area (Å²) in [7, 11) is 0. The molecule has 4 aliphatic heterocycles. The van der Waals surface area contributed by atoms with Crippen LogP contribution < -0.4 is 5.32 Å². The van der Waals surface area contributed by atoms with Crippen molar-refractivity contribution in [1.29, 1.82) is 0 Å². The van der Waals surface area contributed by atoms with Crippen LogP contribution in [0.25, 0.3) is 0 Å². The molecular weight excluding hydrogens is 580 g/mol. The Hall–Kier alpha value is -0.200. The van der Waals surface area contributed by atoms with Crippen molar-refractivity contribution in [3.05, 3.63) is 0 Å². The SMILES string of the molecule is CCC(C)(CC)C1CC(C(C)(CC)CC)OC2(O1)C1C3CCCC(C)C3C(C)CC1C1C3C(NCN12)OC1CC2CCCCC2CC13. The summed E-state index contributed by atoms with van der Waals surface area (Å²) in [6.45, 7) is 20.8. The lowest BCUT2D eigenvalue weighted by Gasteiger charge is -2.60. The lowest BCUT2D eigenvalue weighted by atomic mass is 9.53. The highest BCUT2D eigenvalue weighted by Gasteiger charge is 2.73. The van der Waals surface area contributed by atoms with Gasteiger partial charge in [0.1, 0.15) is 6.23 Å². The molecular formula is C42H72N2O3. The fourth-order valence-electron chi connectivity index (χ4n) is 14.2. The Morgan fingerprint density at radius 2 is 1.32 bits per heavy atom. The zero-order valence-corrected chi connectivity index (χ0v) is 31.6. The maximum Gasteiger partial charge on any atom is 0.235 e. The van der Waals surface area contributed by atoms with Crippen LogP contribution in [0.1, 0.15) is 152 Å². The summed E-state index contributed by atoms with van der Waals surface area (Å²) in [5.74, 6) is 6.53. The molecule has 8 aliphatic rings. The van der Waals surface area contributed by atoms with E-state index in [-0.39, 0.29) is 29.3 Å². The Kier molecular flexibility index (Phi) is 9.01. The van der Waals surface area contributed by atoms with Gasteiger partial charge in [0.25, 0.3) is 0 Å². The minimum absolute atomic E-state index is 0.152. The van der Waals surface area contributed by atoms with Crippen LogP contribution in [0.3, 0.4) is 0 Å². The summed E-state index contributed by atoms with van der Waals surface area (Å²) < 4.78 is 23.0. The minimum atomic E-state index is -0.641. The Balaban J connectivity index is 1.25. The fourth-order valence-corrected chi connectivity index (χ4v) is 14.2. The van der Waals surface area contributed by atoms with E-state index < -0.39 is 5.91 Å². The molecule has 4 saturated carbocycles. The first-order valence-electron chi connectivity index (χ1n) is 21.1. The molecule has 5 heteroatoms. The highest BCUT2D eigenvalue weighted by molar-refractivity contribution is 5.17. The lowest BCUT2D eigenvalue weighted by Crippen LogP contribution is -2.69. The number of hydrogen-bond acceptors (Lipinski definition) is 5. The predicted octanol–water partition coefficient (Wildman–Crippen LogP) is 9.59. The molecule has 5 nitrogen and oxygen atoms in total. The van der Waals surface area contributed by atoms with Crippen molar-refractivity contribution in [2.24, 2.45) is 70.0 Å². The molecule has 0 aromatic heterocycles. The number of rotatable bonds is 6. The molecule has 8 rings (SSSR count). The van der Waals surface area contributed by atoms with Gasteiger partial charge in [0, 0.05) is 24.3 Å². The summed E-state index contributed by atoms with van der Waals surface area (Å²) in [6, 6.07) is 0.491. The third-order valence-electron chi connectivity index (χ3n) is 17.7. The normalized spacial score (nSPS) is 51.4. The van der Waals surface area contributed by atoms with Gasteiger partial charge in [-0.2, -0.15) is 0 Å². The summed E-state index contributed by atoms with van der Waals surface area (Å²) in [5.41, 5.74) is 0.303. The van der Waals surface area contributed by atoms with Crippen molar-refractivity contribution in [3.63, 3.8) is 0 Å².